The highest BCUT2D eigenvalue weighted by atomic mass is 19.4. The lowest BCUT2D eigenvalue weighted by Gasteiger charge is -2.06. The van der Waals surface area contributed by atoms with Crippen molar-refractivity contribution in [1.29, 1.82) is 0 Å². The van der Waals surface area contributed by atoms with E-state index in [4.69, 9.17) is 5.73 Å². The van der Waals surface area contributed by atoms with Crippen molar-refractivity contribution in [2.24, 2.45) is 0 Å². The quantitative estimate of drug-likeness (QED) is 0.799. The third kappa shape index (κ3) is 1.95. The Morgan fingerprint density at radius 2 is 2.00 bits per heavy atom. The third-order valence-electron chi connectivity index (χ3n) is 1.77. The summed E-state index contributed by atoms with van der Waals surface area (Å²) in [5, 5.41) is 3.66. The Hall–Kier alpha value is -2.12. The topological polar surface area (TPSA) is 69.6 Å². The van der Waals surface area contributed by atoms with Crippen molar-refractivity contribution >= 4 is 5.95 Å². The van der Waals surface area contributed by atoms with Gasteiger partial charge in [0.2, 0.25) is 5.95 Å². The van der Waals surface area contributed by atoms with Gasteiger partial charge in [0.1, 0.15) is 12.0 Å². The summed E-state index contributed by atoms with van der Waals surface area (Å²) in [6, 6.07) is 3.50. The van der Waals surface area contributed by atoms with Crippen LogP contribution in [0.2, 0.25) is 0 Å². The van der Waals surface area contributed by atoms with Gasteiger partial charge in [0.25, 0.3) is 0 Å². The van der Waals surface area contributed by atoms with E-state index in [1.165, 1.54) is 18.5 Å². The van der Waals surface area contributed by atoms with Crippen molar-refractivity contribution < 1.29 is 13.2 Å². The Bertz CT molecular complexity index is 504. The number of aromatic nitrogens is 4. The summed E-state index contributed by atoms with van der Waals surface area (Å²) in [4.78, 5) is 7.00. The molecule has 0 saturated carbocycles. The van der Waals surface area contributed by atoms with E-state index >= 15 is 0 Å². The number of nitrogens with two attached hydrogens (primary N) is 1. The first kappa shape index (κ1) is 10.4. The van der Waals surface area contributed by atoms with Crippen LogP contribution in [0.25, 0.3) is 5.82 Å². The minimum absolute atomic E-state index is 0.0130. The van der Waals surface area contributed by atoms with Gasteiger partial charge in [0.05, 0.1) is 0 Å². The first-order valence-corrected chi connectivity index (χ1v) is 4.18. The highest BCUT2D eigenvalue weighted by Crippen LogP contribution is 2.27. The zero-order valence-corrected chi connectivity index (χ0v) is 7.81. The van der Waals surface area contributed by atoms with Crippen LogP contribution in [0.15, 0.2) is 24.5 Å². The van der Waals surface area contributed by atoms with Gasteiger partial charge in [0, 0.05) is 0 Å². The molecule has 0 atom stereocenters. The van der Waals surface area contributed by atoms with Gasteiger partial charge in [-0.1, -0.05) is 6.07 Å². The zero-order valence-electron chi connectivity index (χ0n) is 7.81. The molecule has 5 nitrogen and oxygen atoms in total. The number of hydrogen-bond acceptors (Lipinski definition) is 4. The van der Waals surface area contributed by atoms with Crippen molar-refractivity contribution in [3.63, 3.8) is 0 Å². The minimum Gasteiger partial charge on any atom is -0.366 e. The Labute approximate surface area is 87.7 Å². The Morgan fingerprint density at radius 1 is 1.25 bits per heavy atom. The average Bonchev–Trinajstić information content (AvgIpc) is 2.64. The molecule has 0 aromatic carbocycles. The molecule has 0 aliphatic carbocycles. The van der Waals surface area contributed by atoms with E-state index in [0.29, 0.717) is 0 Å². The number of anilines is 1. The average molecular weight is 229 g/mol. The van der Waals surface area contributed by atoms with Gasteiger partial charge >= 0.3 is 6.18 Å². The lowest BCUT2D eigenvalue weighted by molar-refractivity contribution is -0.141. The lowest BCUT2D eigenvalue weighted by atomic mass is 10.3. The van der Waals surface area contributed by atoms with E-state index < -0.39 is 11.9 Å². The van der Waals surface area contributed by atoms with E-state index in [2.05, 4.69) is 15.1 Å². The van der Waals surface area contributed by atoms with Crippen molar-refractivity contribution in [3.8, 4) is 5.82 Å². The van der Waals surface area contributed by atoms with E-state index in [-0.39, 0.29) is 11.8 Å². The minimum atomic E-state index is -4.48. The van der Waals surface area contributed by atoms with Crippen molar-refractivity contribution in [1.82, 2.24) is 19.7 Å². The summed E-state index contributed by atoms with van der Waals surface area (Å²) in [5.74, 6) is -0.0155. The first-order valence-electron chi connectivity index (χ1n) is 4.18. The predicted molar refractivity (Wildman–Crippen MR) is 48.6 cm³/mol. The summed E-state index contributed by atoms with van der Waals surface area (Å²) in [6.07, 6.45) is -3.29. The van der Waals surface area contributed by atoms with Crippen molar-refractivity contribution in [3.05, 3.63) is 30.2 Å². The molecular formula is C8H6F3N5. The van der Waals surface area contributed by atoms with Crippen LogP contribution in [0.5, 0.6) is 0 Å². The predicted octanol–water partition coefficient (Wildman–Crippen LogP) is 1.26. The number of nitrogens with zero attached hydrogens (tertiary/aromatic N) is 4. The molecule has 84 valence electrons. The third-order valence-corrected chi connectivity index (χ3v) is 1.77. The van der Waals surface area contributed by atoms with E-state index in [9.17, 15) is 13.2 Å². The molecule has 0 unspecified atom stereocenters. The molecule has 0 spiro atoms. The van der Waals surface area contributed by atoms with Crippen LogP contribution in [0.3, 0.4) is 0 Å². The molecule has 2 N–H and O–H groups in total. The maximum absolute atomic E-state index is 12.4. The van der Waals surface area contributed by atoms with Crippen molar-refractivity contribution in [2.75, 3.05) is 5.73 Å². The van der Waals surface area contributed by atoms with Gasteiger partial charge in [-0.2, -0.15) is 13.2 Å². The summed E-state index contributed by atoms with van der Waals surface area (Å²) >= 11 is 0. The Balaban J connectivity index is 2.44. The highest BCUT2D eigenvalue weighted by Gasteiger charge is 2.32. The molecule has 16 heavy (non-hydrogen) atoms. The number of hydrogen-bond donors (Lipinski definition) is 1. The maximum Gasteiger partial charge on any atom is 0.433 e. The van der Waals surface area contributed by atoms with Crippen LogP contribution in [0.4, 0.5) is 19.1 Å². The smallest absolute Gasteiger partial charge is 0.366 e. The molecule has 0 aliphatic rings. The van der Waals surface area contributed by atoms with Crippen molar-refractivity contribution in [2.45, 2.75) is 6.18 Å². The molecule has 0 radical (unpaired) electrons. The largest absolute Gasteiger partial charge is 0.433 e. The van der Waals surface area contributed by atoms with Gasteiger partial charge in [-0.05, 0) is 12.1 Å². The van der Waals surface area contributed by atoms with E-state index in [1.807, 2.05) is 0 Å². The van der Waals surface area contributed by atoms with Gasteiger partial charge in [0.15, 0.2) is 5.82 Å². The number of rotatable bonds is 1. The molecule has 0 bridgehead atoms. The highest BCUT2D eigenvalue weighted by molar-refractivity contribution is 5.26. The Kier molecular flexibility index (Phi) is 2.26. The van der Waals surface area contributed by atoms with E-state index in [1.54, 1.807) is 0 Å². The summed E-state index contributed by atoms with van der Waals surface area (Å²) < 4.78 is 38.1. The second-order valence-electron chi connectivity index (χ2n) is 2.93. The molecule has 0 amide bonds. The fourth-order valence-electron chi connectivity index (χ4n) is 1.09. The molecule has 2 aromatic rings. The monoisotopic (exact) mass is 229 g/mol. The number of halogens is 3. The lowest BCUT2D eigenvalue weighted by Crippen LogP contribution is -2.10. The van der Waals surface area contributed by atoms with Crippen LogP contribution >= 0.6 is 0 Å². The van der Waals surface area contributed by atoms with Gasteiger partial charge in [-0.3, -0.25) is 0 Å². The molecular weight excluding hydrogens is 223 g/mol. The maximum atomic E-state index is 12.4. The molecule has 0 fully saturated rings. The standard InChI is InChI=1S/C8H6F3N5/c9-8(10,11)5-2-1-3-6(14-5)16-4-13-7(12)15-16/h1-4H,(H2,12,15). The van der Waals surface area contributed by atoms with Gasteiger partial charge in [-0.25, -0.2) is 14.6 Å². The molecule has 0 saturated heterocycles. The van der Waals surface area contributed by atoms with Crippen LogP contribution in [-0.4, -0.2) is 19.7 Å². The van der Waals surface area contributed by atoms with E-state index in [0.717, 1.165) is 10.7 Å². The Morgan fingerprint density at radius 3 is 2.56 bits per heavy atom. The zero-order chi connectivity index (χ0) is 11.8. The SMILES string of the molecule is Nc1ncn(-c2cccc(C(F)(F)F)n2)n1. The molecule has 2 rings (SSSR count). The first-order chi connectivity index (χ1) is 7.47. The summed E-state index contributed by atoms with van der Waals surface area (Å²) in [5.41, 5.74) is 4.26. The van der Waals surface area contributed by atoms with Crippen LogP contribution < -0.4 is 5.73 Å². The number of nitrogen functional groups attached to an aromatic ring is 1. The normalized spacial score (nSPS) is 11.7. The fourth-order valence-corrected chi connectivity index (χ4v) is 1.09. The summed E-state index contributed by atoms with van der Waals surface area (Å²) in [7, 11) is 0. The van der Waals surface area contributed by atoms with Gasteiger partial charge in [-0.15, -0.1) is 5.10 Å². The molecule has 8 heteroatoms. The fraction of sp³-hybridized carbons (Fsp3) is 0.125. The number of pyridine rings is 1. The number of alkyl halides is 3. The second-order valence-corrected chi connectivity index (χ2v) is 2.93. The van der Waals surface area contributed by atoms with Gasteiger partial charge < -0.3 is 5.73 Å². The van der Waals surface area contributed by atoms with Crippen LogP contribution in [0, 0.1) is 0 Å². The molecule has 2 aromatic heterocycles. The molecule has 2 heterocycles. The molecule has 0 aliphatic heterocycles. The van der Waals surface area contributed by atoms with Crippen LogP contribution in [0.1, 0.15) is 5.69 Å². The van der Waals surface area contributed by atoms with Crippen LogP contribution in [-0.2, 0) is 6.18 Å². The summed E-state index contributed by atoms with van der Waals surface area (Å²) in [6.45, 7) is 0. The second kappa shape index (κ2) is 3.47.